The quantitative estimate of drug-likeness (QED) is 0.852. The third-order valence-electron chi connectivity index (χ3n) is 2.70. The number of anilines is 2. The average Bonchev–Trinajstić information content (AvgIpc) is 2.70. The van der Waals surface area contributed by atoms with Crippen molar-refractivity contribution in [2.24, 2.45) is 0 Å². The number of nitrogens with one attached hydrogen (secondary N) is 1. The number of furan rings is 1. The SMILES string of the molecule is Cc1ccc(C(C)Nc2cc(N)c(C)cn2)o1. The molecule has 0 aromatic carbocycles. The summed E-state index contributed by atoms with van der Waals surface area (Å²) in [5, 5.41) is 3.25. The van der Waals surface area contributed by atoms with Crippen LogP contribution in [0, 0.1) is 13.8 Å². The van der Waals surface area contributed by atoms with Crippen LogP contribution in [0.15, 0.2) is 28.8 Å². The Balaban J connectivity index is 2.12. The van der Waals surface area contributed by atoms with Crippen LogP contribution in [0.5, 0.6) is 0 Å². The maximum absolute atomic E-state index is 5.84. The lowest BCUT2D eigenvalue weighted by molar-refractivity contribution is 0.466. The van der Waals surface area contributed by atoms with E-state index in [9.17, 15) is 0 Å². The zero-order valence-electron chi connectivity index (χ0n) is 10.3. The van der Waals surface area contributed by atoms with Crippen molar-refractivity contribution in [3.05, 3.63) is 41.5 Å². The first-order valence-corrected chi connectivity index (χ1v) is 5.61. The van der Waals surface area contributed by atoms with E-state index in [1.165, 1.54) is 0 Å². The number of nitrogens with zero attached hydrogens (tertiary/aromatic N) is 1. The Morgan fingerprint density at radius 2 is 2.12 bits per heavy atom. The summed E-state index contributed by atoms with van der Waals surface area (Å²) in [6, 6.07) is 5.81. The van der Waals surface area contributed by atoms with Crippen LogP contribution in [0.1, 0.15) is 30.0 Å². The standard InChI is InChI=1S/C13H17N3O/c1-8-7-15-13(6-11(8)14)16-10(3)12-5-4-9(2)17-12/h4-7,10H,1-3H3,(H3,14,15,16). The summed E-state index contributed by atoms with van der Waals surface area (Å²) in [6.07, 6.45) is 1.76. The van der Waals surface area contributed by atoms with Gasteiger partial charge in [-0.15, -0.1) is 0 Å². The highest BCUT2D eigenvalue weighted by molar-refractivity contribution is 5.53. The molecule has 0 saturated heterocycles. The van der Waals surface area contributed by atoms with Gasteiger partial charge in [0, 0.05) is 18.0 Å². The van der Waals surface area contributed by atoms with E-state index in [2.05, 4.69) is 10.3 Å². The van der Waals surface area contributed by atoms with Crippen LogP contribution in [0.3, 0.4) is 0 Å². The summed E-state index contributed by atoms with van der Waals surface area (Å²) in [5.74, 6) is 2.56. The number of aryl methyl sites for hydroxylation is 2. The van der Waals surface area contributed by atoms with E-state index in [1.54, 1.807) is 6.20 Å². The van der Waals surface area contributed by atoms with Crippen LogP contribution in [0.4, 0.5) is 11.5 Å². The van der Waals surface area contributed by atoms with Crippen LogP contribution >= 0.6 is 0 Å². The number of rotatable bonds is 3. The van der Waals surface area contributed by atoms with Gasteiger partial charge in [0.25, 0.3) is 0 Å². The van der Waals surface area contributed by atoms with Crippen LogP contribution in [-0.4, -0.2) is 4.98 Å². The minimum absolute atomic E-state index is 0.0679. The first-order chi connectivity index (χ1) is 8.06. The van der Waals surface area contributed by atoms with Gasteiger partial charge in [-0.1, -0.05) is 0 Å². The minimum atomic E-state index is 0.0679. The molecule has 2 heterocycles. The monoisotopic (exact) mass is 231 g/mol. The minimum Gasteiger partial charge on any atom is -0.464 e. The van der Waals surface area contributed by atoms with Gasteiger partial charge in [-0.2, -0.15) is 0 Å². The largest absolute Gasteiger partial charge is 0.464 e. The van der Waals surface area contributed by atoms with E-state index in [4.69, 9.17) is 10.2 Å². The molecule has 90 valence electrons. The van der Waals surface area contributed by atoms with Crippen LogP contribution in [-0.2, 0) is 0 Å². The van der Waals surface area contributed by atoms with Crippen molar-refractivity contribution in [2.75, 3.05) is 11.1 Å². The van der Waals surface area contributed by atoms with Crippen LogP contribution < -0.4 is 11.1 Å². The Labute approximate surface area is 101 Å². The summed E-state index contributed by atoms with van der Waals surface area (Å²) in [5.41, 5.74) is 7.56. The summed E-state index contributed by atoms with van der Waals surface area (Å²) in [4.78, 5) is 4.28. The van der Waals surface area contributed by atoms with E-state index >= 15 is 0 Å². The maximum Gasteiger partial charge on any atom is 0.128 e. The Kier molecular flexibility index (Phi) is 3.04. The summed E-state index contributed by atoms with van der Waals surface area (Å²) in [6.45, 7) is 5.89. The lowest BCUT2D eigenvalue weighted by Gasteiger charge is -2.13. The van der Waals surface area contributed by atoms with Crippen molar-refractivity contribution < 1.29 is 4.42 Å². The highest BCUT2D eigenvalue weighted by Crippen LogP contribution is 2.21. The molecule has 0 saturated carbocycles. The molecule has 4 nitrogen and oxygen atoms in total. The van der Waals surface area contributed by atoms with Crippen molar-refractivity contribution in [3.63, 3.8) is 0 Å². The van der Waals surface area contributed by atoms with Gasteiger partial charge in [-0.25, -0.2) is 4.98 Å². The van der Waals surface area contributed by atoms with Gasteiger partial charge in [0.1, 0.15) is 17.3 Å². The normalized spacial score (nSPS) is 12.4. The number of nitrogen functional groups attached to an aromatic ring is 1. The molecule has 0 aliphatic rings. The predicted molar refractivity (Wildman–Crippen MR) is 68.9 cm³/mol. The second kappa shape index (κ2) is 4.49. The van der Waals surface area contributed by atoms with Crippen LogP contribution in [0.2, 0.25) is 0 Å². The van der Waals surface area contributed by atoms with E-state index in [1.807, 2.05) is 39.0 Å². The van der Waals surface area contributed by atoms with Gasteiger partial charge in [-0.3, -0.25) is 0 Å². The fourth-order valence-electron chi connectivity index (χ4n) is 1.60. The second-order valence-electron chi connectivity index (χ2n) is 4.24. The first kappa shape index (κ1) is 11.5. The molecular formula is C13H17N3O. The van der Waals surface area contributed by atoms with Crippen molar-refractivity contribution >= 4 is 11.5 Å². The molecule has 17 heavy (non-hydrogen) atoms. The molecule has 1 unspecified atom stereocenters. The third-order valence-corrected chi connectivity index (χ3v) is 2.70. The molecule has 3 N–H and O–H groups in total. The summed E-state index contributed by atoms with van der Waals surface area (Å²) < 4.78 is 5.55. The van der Waals surface area contributed by atoms with E-state index in [0.29, 0.717) is 0 Å². The van der Waals surface area contributed by atoms with Gasteiger partial charge < -0.3 is 15.5 Å². The number of hydrogen-bond donors (Lipinski definition) is 2. The fraction of sp³-hybridized carbons (Fsp3) is 0.308. The Morgan fingerprint density at radius 3 is 2.71 bits per heavy atom. The molecule has 0 fully saturated rings. The highest BCUT2D eigenvalue weighted by atomic mass is 16.3. The summed E-state index contributed by atoms with van der Waals surface area (Å²) in [7, 11) is 0. The van der Waals surface area contributed by atoms with Gasteiger partial charge in [0.15, 0.2) is 0 Å². The Bertz CT molecular complexity index is 519. The topological polar surface area (TPSA) is 64.1 Å². The maximum atomic E-state index is 5.84. The van der Waals surface area contributed by atoms with E-state index in [0.717, 1.165) is 28.6 Å². The highest BCUT2D eigenvalue weighted by Gasteiger charge is 2.10. The number of nitrogens with two attached hydrogens (primary N) is 1. The molecule has 4 heteroatoms. The molecule has 2 aromatic rings. The Hall–Kier alpha value is -1.97. The molecule has 0 amide bonds. The zero-order valence-corrected chi connectivity index (χ0v) is 10.3. The predicted octanol–water partition coefficient (Wildman–Crippen LogP) is 3.05. The molecule has 0 aliphatic carbocycles. The van der Waals surface area contributed by atoms with Crippen LogP contribution in [0.25, 0.3) is 0 Å². The zero-order chi connectivity index (χ0) is 12.4. The van der Waals surface area contributed by atoms with Crippen molar-refractivity contribution in [1.82, 2.24) is 4.98 Å². The number of pyridine rings is 1. The van der Waals surface area contributed by atoms with Gasteiger partial charge in [0.05, 0.1) is 6.04 Å². The molecule has 0 radical (unpaired) electrons. The second-order valence-corrected chi connectivity index (χ2v) is 4.24. The molecule has 0 aliphatic heterocycles. The van der Waals surface area contributed by atoms with Crippen molar-refractivity contribution in [2.45, 2.75) is 26.8 Å². The fourth-order valence-corrected chi connectivity index (χ4v) is 1.60. The van der Waals surface area contributed by atoms with Gasteiger partial charge >= 0.3 is 0 Å². The molecule has 2 aromatic heterocycles. The van der Waals surface area contributed by atoms with Crippen molar-refractivity contribution in [1.29, 1.82) is 0 Å². The van der Waals surface area contributed by atoms with Crippen molar-refractivity contribution in [3.8, 4) is 0 Å². The molecule has 0 bridgehead atoms. The average molecular weight is 231 g/mol. The third kappa shape index (κ3) is 2.58. The lowest BCUT2D eigenvalue weighted by Crippen LogP contribution is -2.07. The Morgan fingerprint density at radius 1 is 1.35 bits per heavy atom. The van der Waals surface area contributed by atoms with Gasteiger partial charge in [-0.05, 0) is 38.5 Å². The van der Waals surface area contributed by atoms with E-state index < -0.39 is 0 Å². The first-order valence-electron chi connectivity index (χ1n) is 5.61. The lowest BCUT2D eigenvalue weighted by atomic mass is 10.2. The molecular weight excluding hydrogens is 214 g/mol. The van der Waals surface area contributed by atoms with Gasteiger partial charge in [0.2, 0.25) is 0 Å². The van der Waals surface area contributed by atoms with E-state index in [-0.39, 0.29) is 6.04 Å². The summed E-state index contributed by atoms with van der Waals surface area (Å²) >= 11 is 0. The molecule has 2 rings (SSSR count). The number of aromatic nitrogens is 1. The number of hydrogen-bond acceptors (Lipinski definition) is 4. The molecule has 1 atom stereocenters. The molecule has 0 spiro atoms. The smallest absolute Gasteiger partial charge is 0.128 e.